The minimum Gasteiger partial charge on any atom is -0.491 e. The lowest BCUT2D eigenvalue weighted by Crippen LogP contribution is -2.44. The van der Waals surface area contributed by atoms with Gasteiger partial charge in [0.1, 0.15) is 24.0 Å². The number of halogens is 1. The number of amides is 3. The van der Waals surface area contributed by atoms with Gasteiger partial charge in [-0.3, -0.25) is 9.69 Å². The van der Waals surface area contributed by atoms with Crippen molar-refractivity contribution in [2.24, 2.45) is 0 Å². The van der Waals surface area contributed by atoms with Crippen LogP contribution in [-0.4, -0.2) is 46.7 Å². The third-order valence-corrected chi connectivity index (χ3v) is 4.18. The summed E-state index contributed by atoms with van der Waals surface area (Å²) in [5, 5.41) is 12.7. The number of benzene rings is 1. The monoisotopic (exact) mass is 370 g/mol. The summed E-state index contributed by atoms with van der Waals surface area (Å²) in [7, 11) is 0. The van der Waals surface area contributed by atoms with E-state index in [0.717, 1.165) is 9.37 Å². The molecule has 1 aromatic rings. The molecule has 1 saturated heterocycles. The van der Waals surface area contributed by atoms with Crippen molar-refractivity contribution in [3.63, 3.8) is 0 Å². The van der Waals surface area contributed by atoms with E-state index < -0.39 is 17.7 Å². The number of ether oxygens (including phenoxy) is 1. The molecular formula is C15H19BrN2O4. The Morgan fingerprint density at radius 2 is 2.18 bits per heavy atom. The summed E-state index contributed by atoms with van der Waals surface area (Å²) in [6, 6.07) is 6.74. The number of β-amino-alcohol motifs (C(OH)–C–C–N with tert-alkyl or cyclic N) is 1. The lowest BCUT2D eigenvalue weighted by molar-refractivity contribution is -0.132. The lowest BCUT2D eigenvalue weighted by Gasteiger charge is -2.21. The van der Waals surface area contributed by atoms with Crippen LogP contribution in [0.4, 0.5) is 4.79 Å². The zero-order chi connectivity index (χ0) is 16.3. The first-order valence-corrected chi connectivity index (χ1v) is 7.85. The van der Waals surface area contributed by atoms with Crippen molar-refractivity contribution >= 4 is 27.9 Å². The Morgan fingerprint density at radius 3 is 2.77 bits per heavy atom. The van der Waals surface area contributed by atoms with Crippen LogP contribution in [0.1, 0.15) is 20.3 Å². The summed E-state index contributed by atoms with van der Waals surface area (Å²) >= 11 is 3.33. The van der Waals surface area contributed by atoms with Gasteiger partial charge in [-0.2, -0.15) is 0 Å². The predicted molar refractivity (Wildman–Crippen MR) is 84.6 cm³/mol. The molecule has 0 aliphatic carbocycles. The van der Waals surface area contributed by atoms with Crippen molar-refractivity contribution in [2.75, 3.05) is 13.2 Å². The largest absolute Gasteiger partial charge is 0.491 e. The van der Waals surface area contributed by atoms with Crippen LogP contribution in [0.2, 0.25) is 0 Å². The minimum atomic E-state index is -0.951. The standard InChI is InChI=1S/C15H19BrN2O4/c1-3-15(2)13(20)18(14(21)17-15)8-11(19)9-22-12-6-4-5-10(16)7-12/h4-7,11,19H,3,8-9H2,1-2H3,(H,17,21)/t11-,15+/m0/s1. The molecule has 1 aliphatic rings. The van der Waals surface area contributed by atoms with Gasteiger partial charge in [0.05, 0.1) is 6.54 Å². The molecule has 0 aromatic heterocycles. The first-order valence-electron chi connectivity index (χ1n) is 7.06. The van der Waals surface area contributed by atoms with Gasteiger partial charge >= 0.3 is 6.03 Å². The fraction of sp³-hybridized carbons (Fsp3) is 0.467. The van der Waals surface area contributed by atoms with Crippen LogP contribution in [-0.2, 0) is 4.79 Å². The number of hydrogen-bond donors (Lipinski definition) is 2. The highest BCUT2D eigenvalue weighted by Gasteiger charge is 2.46. The maximum atomic E-state index is 12.2. The first-order chi connectivity index (χ1) is 10.4. The Bertz CT molecular complexity index is 580. The summed E-state index contributed by atoms with van der Waals surface area (Å²) in [6.45, 7) is 3.41. The van der Waals surface area contributed by atoms with Crippen molar-refractivity contribution in [3.05, 3.63) is 28.7 Å². The Labute approximate surface area is 137 Å². The van der Waals surface area contributed by atoms with E-state index in [0.29, 0.717) is 12.2 Å². The van der Waals surface area contributed by atoms with Gasteiger partial charge in [-0.25, -0.2) is 4.79 Å². The van der Waals surface area contributed by atoms with Gasteiger partial charge in [-0.05, 0) is 31.5 Å². The van der Waals surface area contributed by atoms with Crippen LogP contribution in [0, 0.1) is 0 Å². The second-order valence-electron chi connectivity index (χ2n) is 5.45. The quantitative estimate of drug-likeness (QED) is 0.749. The summed E-state index contributed by atoms with van der Waals surface area (Å²) in [4.78, 5) is 25.1. The second-order valence-corrected chi connectivity index (χ2v) is 6.37. The number of carbonyl (C=O) groups excluding carboxylic acids is 2. The molecule has 1 aromatic carbocycles. The van der Waals surface area contributed by atoms with E-state index in [-0.39, 0.29) is 19.1 Å². The zero-order valence-corrected chi connectivity index (χ0v) is 14.1. The van der Waals surface area contributed by atoms with Crippen LogP contribution in [0.5, 0.6) is 5.75 Å². The number of hydrogen-bond acceptors (Lipinski definition) is 4. The Kier molecular flexibility index (Phi) is 5.08. The molecule has 0 unspecified atom stereocenters. The van der Waals surface area contributed by atoms with Crippen LogP contribution in [0.15, 0.2) is 28.7 Å². The van der Waals surface area contributed by atoms with Crippen molar-refractivity contribution in [3.8, 4) is 5.75 Å². The maximum absolute atomic E-state index is 12.2. The van der Waals surface area contributed by atoms with Crippen molar-refractivity contribution in [2.45, 2.75) is 31.9 Å². The predicted octanol–water partition coefficient (Wildman–Crippen LogP) is 1.91. The summed E-state index contributed by atoms with van der Waals surface area (Å²) in [5.74, 6) is 0.283. The minimum absolute atomic E-state index is 0.00362. The SMILES string of the molecule is CC[C@@]1(C)NC(=O)N(C[C@H](O)COc2cccc(Br)c2)C1=O. The fourth-order valence-electron chi connectivity index (χ4n) is 2.17. The number of nitrogens with one attached hydrogen (secondary N) is 1. The van der Waals surface area contributed by atoms with Crippen LogP contribution < -0.4 is 10.1 Å². The molecule has 1 fully saturated rings. The Balaban J connectivity index is 1.91. The molecule has 0 radical (unpaired) electrons. The highest BCUT2D eigenvalue weighted by Crippen LogP contribution is 2.21. The third-order valence-electron chi connectivity index (χ3n) is 3.68. The molecule has 2 N–H and O–H groups in total. The third kappa shape index (κ3) is 3.59. The molecule has 22 heavy (non-hydrogen) atoms. The molecule has 1 aliphatic heterocycles. The average Bonchev–Trinajstić information content (AvgIpc) is 2.69. The van der Waals surface area contributed by atoms with E-state index in [1.54, 1.807) is 19.1 Å². The fourth-order valence-corrected chi connectivity index (χ4v) is 2.54. The van der Waals surface area contributed by atoms with Crippen LogP contribution in [0.3, 0.4) is 0 Å². The molecule has 3 amide bonds. The van der Waals surface area contributed by atoms with Crippen molar-refractivity contribution in [1.82, 2.24) is 10.2 Å². The summed E-state index contributed by atoms with van der Waals surface area (Å²) < 4.78 is 6.33. The van der Waals surface area contributed by atoms with Gasteiger partial charge in [0.25, 0.3) is 5.91 Å². The molecule has 6 nitrogen and oxygen atoms in total. The van der Waals surface area contributed by atoms with Gasteiger partial charge in [-0.15, -0.1) is 0 Å². The van der Waals surface area contributed by atoms with Gasteiger partial charge < -0.3 is 15.2 Å². The molecule has 0 spiro atoms. The smallest absolute Gasteiger partial charge is 0.325 e. The van der Waals surface area contributed by atoms with E-state index in [4.69, 9.17) is 4.74 Å². The maximum Gasteiger partial charge on any atom is 0.325 e. The highest BCUT2D eigenvalue weighted by molar-refractivity contribution is 9.10. The molecule has 0 bridgehead atoms. The van der Waals surface area contributed by atoms with Crippen LogP contribution >= 0.6 is 15.9 Å². The molecule has 2 rings (SSSR count). The van der Waals surface area contributed by atoms with Crippen LogP contribution in [0.25, 0.3) is 0 Å². The van der Waals surface area contributed by atoms with Gasteiger partial charge in [0.2, 0.25) is 0 Å². The van der Waals surface area contributed by atoms with E-state index in [9.17, 15) is 14.7 Å². The van der Waals surface area contributed by atoms with E-state index >= 15 is 0 Å². The summed E-state index contributed by atoms with van der Waals surface area (Å²) in [6.07, 6.45) is -0.452. The van der Waals surface area contributed by atoms with E-state index in [2.05, 4.69) is 21.2 Å². The second kappa shape index (κ2) is 6.66. The average molecular weight is 371 g/mol. The summed E-state index contributed by atoms with van der Waals surface area (Å²) in [5.41, 5.74) is -0.887. The number of imide groups is 1. The molecular weight excluding hydrogens is 352 g/mol. The molecule has 0 saturated carbocycles. The van der Waals surface area contributed by atoms with Gasteiger partial charge in [0, 0.05) is 4.47 Å². The zero-order valence-electron chi connectivity index (χ0n) is 12.5. The number of aliphatic hydroxyl groups excluding tert-OH is 1. The number of urea groups is 1. The number of rotatable bonds is 6. The normalized spacial score (nSPS) is 22.6. The molecule has 120 valence electrons. The number of aliphatic hydroxyl groups is 1. The highest BCUT2D eigenvalue weighted by atomic mass is 79.9. The van der Waals surface area contributed by atoms with Gasteiger partial charge in [-0.1, -0.05) is 28.9 Å². The van der Waals surface area contributed by atoms with Gasteiger partial charge in [0.15, 0.2) is 0 Å². The molecule has 7 heteroatoms. The number of nitrogens with zero attached hydrogens (tertiary/aromatic N) is 1. The Morgan fingerprint density at radius 1 is 1.45 bits per heavy atom. The van der Waals surface area contributed by atoms with E-state index in [1.807, 2.05) is 19.1 Å². The first kappa shape index (κ1) is 16.8. The Hall–Kier alpha value is -1.60. The lowest BCUT2D eigenvalue weighted by atomic mass is 9.99. The molecule has 2 atom stereocenters. The topological polar surface area (TPSA) is 78.9 Å². The van der Waals surface area contributed by atoms with Crippen molar-refractivity contribution in [1.29, 1.82) is 0 Å². The van der Waals surface area contributed by atoms with E-state index in [1.165, 1.54) is 0 Å². The number of carbonyl (C=O) groups is 2. The molecule has 1 heterocycles. The van der Waals surface area contributed by atoms with Crippen molar-refractivity contribution < 1.29 is 19.4 Å².